The Morgan fingerprint density at radius 2 is 2.00 bits per heavy atom. The SMILES string of the molecule is CCP(O)Oc1ccccc1. The molecule has 0 saturated heterocycles. The van der Waals surface area contributed by atoms with Gasteiger partial charge in [-0.2, -0.15) is 0 Å². The molecule has 1 aromatic carbocycles. The van der Waals surface area contributed by atoms with Gasteiger partial charge in [-0.25, -0.2) is 0 Å². The largest absolute Gasteiger partial charge is 0.447 e. The monoisotopic (exact) mass is 170 g/mol. The van der Waals surface area contributed by atoms with E-state index in [0.29, 0.717) is 6.16 Å². The summed E-state index contributed by atoms with van der Waals surface area (Å²) in [6, 6.07) is 9.35. The summed E-state index contributed by atoms with van der Waals surface area (Å²) in [6.45, 7) is 1.90. The van der Waals surface area contributed by atoms with E-state index in [1.807, 2.05) is 37.3 Å². The number of benzene rings is 1. The Kier molecular flexibility index (Phi) is 3.34. The molecule has 1 rings (SSSR count). The lowest BCUT2D eigenvalue weighted by Crippen LogP contribution is -1.87. The standard InChI is InChI=1S/C8H11O2P/c1-2-11(9)10-8-6-4-3-5-7-8/h3-7,9H,2H2,1H3. The molecular formula is C8H11O2P. The molecule has 2 nitrogen and oxygen atoms in total. The Bertz CT molecular complexity index is 201. The van der Waals surface area contributed by atoms with E-state index in [2.05, 4.69) is 0 Å². The Balaban J connectivity index is 2.51. The molecule has 0 radical (unpaired) electrons. The summed E-state index contributed by atoms with van der Waals surface area (Å²) in [7, 11) is -1.25. The highest BCUT2D eigenvalue weighted by atomic mass is 31.2. The van der Waals surface area contributed by atoms with Crippen molar-refractivity contribution < 1.29 is 9.42 Å². The van der Waals surface area contributed by atoms with Gasteiger partial charge in [0.05, 0.1) is 0 Å². The smallest absolute Gasteiger partial charge is 0.227 e. The van der Waals surface area contributed by atoms with Crippen LogP contribution in [0, 0.1) is 0 Å². The second kappa shape index (κ2) is 4.32. The van der Waals surface area contributed by atoms with Gasteiger partial charge in [0.1, 0.15) is 5.75 Å². The zero-order chi connectivity index (χ0) is 8.10. The molecule has 0 aromatic heterocycles. The molecule has 0 saturated carbocycles. The van der Waals surface area contributed by atoms with Gasteiger partial charge < -0.3 is 9.42 Å². The van der Waals surface area contributed by atoms with Gasteiger partial charge in [0, 0.05) is 6.16 Å². The van der Waals surface area contributed by atoms with Crippen LogP contribution in [0.2, 0.25) is 0 Å². The van der Waals surface area contributed by atoms with Crippen molar-refractivity contribution in [3.8, 4) is 5.75 Å². The van der Waals surface area contributed by atoms with Gasteiger partial charge in [-0.3, -0.25) is 0 Å². The van der Waals surface area contributed by atoms with Crippen LogP contribution in [-0.2, 0) is 0 Å². The molecule has 1 unspecified atom stereocenters. The van der Waals surface area contributed by atoms with Crippen molar-refractivity contribution in [3.05, 3.63) is 30.3 Å². The summed E-state index contributed by atoms with van der Waals surface area (Å²) in [5.41, 5.74) is 0. The normalized spacial score (nSPS) is 12.5. The van der Waals surface area contributed by atoms with Gasteiger partial charge >= 0.3 is 0 Å². The van der Waals surface area contributed by atoms with Crippen molar-refractivity contribution in [2.45, 2.75) is 6.92 Å². The van der Waals surface area contributed by atoms with Crippen LogP contribution in [0.15, 0.2) is 30.3 Å². The topological polar surface area (TPSA) is 29.5 Å². The quantitative estimate of drug-likeness (QED) is 0.705. The first-order chi connectivity index (χ1) is 5.33. The first-order valence-corrected chi connectivity index (χ1v) is 4.92. The predicted octanol–water partition coefficient (Wildman–Crippen LogP) is 2.39. The minimum absolute atomic E-state index is 0.671. The van der Waals surface area contributed by atoms with E-state index in [-0.39, 0.29) is 0 Å². The molecule has 0 fully saturated rings. The first kappa shape index (κ1) is 8.51. The Morgan fingerprint density at radius 3 is 2.55 bits per heavy atom. The minimum atomic E-state index is -1.25. The molecule has 0 heterocycles. The highest BCUT2D eigenvalue weighted by molar-refractivity contribution is 7.46. The van der Waals surface area contributed by atoms with E-state index in [9.17, 15) is 0 Å². The molecule has 0 aliphatic carbocycles. The van der Waals surface area contributed by atoms with Gasteiger partial charge in [-0.05, 0) is 12.1 Å². The van der Waals surface area contributed by atoms with Crippen molar-refractivity contribution in [2.24, 2.45) is 0 Å². The lowest BCUT2D eigenvalue weighted by Gasteiger charge is -2.08. The van der Waals surface area contributed by atoms with Crippen molar-refractivity contribution in [1.29, 1.82) is 0 Å². The molecular weight excluding hydrogens is 159 g/mol. The highest BCUT2D eigenvalue weighted by Gasteiger charge is 2.01. The third-order valence-corrected chi connectivity index (χ3v) is 2.19. The van der Waals surface area contributed by atoms with Crippen LogP contribution in [0.4, 0.5) is 0 Å². The molecule has 1 atom stereocenters. The van der Waals surface area contributed by atoms with Crippen molar-refractivity contribution >= 4 is 8.38 Å². The van der Waals surface area contributed by atoms with E-state index in [1.165, 1.54) is 0 Å². The fraction of sp³-hybridized carbons (Fsp3) is 0.250. The molecule has 0 amide bonds. The van der Waals surface area contributed by atoms with E-state index in [0.717, 1.165) is 5.75 Å². The maximum absolute atomic E-state index is 9.15. The lowest BCUT2D eigenvalue weighted by molar-refractivity contribution is 0.488. The molecule has 0 bridgehead atoms. The molecule has 60 valence electrons. The number of para-hydroxylation sites is 1. The summed E-state index contributed by atoms with van der Waals surface area (Å²) >= 11 is 0. The van der Waals surface area contributed by atoms with E-state index in [1.54, 1.807) is 0 Å². The van der Waals surface area contributed by atoms with Crippen LogP contribution in [0.3, 0.4) is 0 Å². The molecule has 0 spiro atoms. The second-order valence-corrected chi connectivity index (χ2v) is 3.59. The summed E-state index contributed by atoms with van der Waals surface area (Å²) in [5, 5.41) is 0. The molecule has 3 heteroatoms. The fourth-order valence-corrected chi connectivity index (χ4v) is 1.16. The maximum Gasteiger partial charge on any atom is 0.227 e. The van der Waals surface area contributed by atoms with Gasteiger partial charge in [-0.1, -0.05) is 25.1 Å². The third kappa shape index (κ3) is 2.87. The Labute approximate surface area is 67.7 Å². The summed E-state index contributed by atoms with van der Waals surface area (Å²) in [6.07, 6.45) is 0.671. The zero-order valence-electron chi connectivity index (χ0n) is 6.40. The summed E-state index contributed by atoms with van der Waals surface area (Å²) in [5.74, 6) is 0.739. The first-order valence-electron chi connectivity index (χ1n) is 3.52. The number of rotatable bonds is 3. The molecule has 0 aliphatic rings. The fourth-order valence-electron chi connectivity index (χ4n) is 0.668. The van der Waals surface area contributed by atoms with Crippen LogP contribution in [0.5, 0.6) is 5.75 Å². The third-order valence-electron chi connectivity index (χ3n) is 1.22. The van der Waals surface area contributed by atoms with Crippen molar-refractivity contribution in [3.63, 3.8) is 0 Å². The van der Waals surface area contributed by atoms with Crippen molar-refractivity contribution in [1.82, 2.24) is 0 Å². The summed E-state index contributed by atoms with van der Waals surface area (Å²) in [4.78, 5) is 9.15. The average Bonchev–Trinajstić information content (AvgIpc) is 2.06. The van der Waals surface area contributed by atoms with Gasteiger partial charge in [-0.15, -0.1) is 0 Å². The van der Waals surface area contributed by atoms with Gasteiger partial charge in [0.2, 0.25) is 8.38 Å². The average molecular weight is 170 g/mol. The number of hydrogen-bond acceptors (Lipinski definition) is 2. The maximum atomic E-state index is 9.15. The van der Waals surface area contributed by atoms with Crippen LogP contribution in [0.1, 0.15) is 6.92 Å². The second-order valence-electron chi connectivity index (χ2n) is 2.07. The van der Waals surface area contributed by atoms with E-state index >= 15 is 0 Å². The Morgan fingerprint density at radius 1 is 1.36 bits per heavy atom. The molecule has 11 heavy (non-hydrogen) atoms. The number of hydrogen-bond donors (Lipinski definition) is 1. The van der Waals surface area contributed by atoms with Crippen molar-refractivity contribution in [2.75, 3.05) is 6.16 Å². The van der Waals surface area contributed by atoms with Gasteiger partial charge in [0.15, 0.2) is 0 Å². The Hall–Kier alpha value is -0.590. The van der Waals surface area contributed by atoms with E-state index in [4.69, 9.17) is 9.42 Å². The van der Waals surface area contributed by atoms with Crippen LogP contribution in [0.25, 0.3) is 0 Å². The lowest BCUT2D eigenvalue weighted by atomic mass is 10.3. The molecule has 1 N–H and O–H groups in total. The van der Waals surface area contributed by atoms with E-state index < -0.39 is 8.38 Å². The highest BCUT2D eigenvalue weighted by Crippen LogP contribution is 2.32. The summed E-state index contributed by atoms with van der Waals surface area (Å²) < 4.78 is 5.18. The van der Waals surface area contributed by atoms with Crippen LogP contribution in [-0.4, -0.2) is 11.1 Å². The van der Waals surface area contributed by atoms with Gasteiger partial charge in [0.25, 0.3) is 0 Å². The minimum Gasteiger partial charge on any atom is -0.447 e. The predicted molar refractivity (Wildman–Crippen MR) is 46.7 cm³/mol. The van der Waals surface area contributed by atoms with Crippen LogP contribution < -0.4 is 4.52 Å². The zero-order valence-corrected chi connectivity index (χ0v) is 7.29. The molecule has 1 aromatic rings. The molecule has 0 aliphatic heterocycles. The van der Waals surface area contributed by atoms with Crippen LogP contribution >= 0.6 is 8.38 Å².